The number of hydrogen-bond acceptors (Lipinski definition) is 5. The van der Waals surface area contributed by atoms with Crippen molar-refractivity contribution >= 4 is 42.1 Å². The summed E-state index contributed by atoms with van der Waals surface area (Å²) in [5.74, 6) is 0.758. The summed E-state index contributed by atoms with van der Waals surface area (Å²) >= 11 is 0. The average Bonchev–Trinajstić information content (AvgIpc) is 2.52. The second-order valence-electron chi connectivity index (χ2n) is 6.30. The van der Waals surface area contributed by atoms with Crippen molar-refractivity contribution in [3.63, 3.8) is 0 Å². The van der Waals surface area contributed by atoms with Gasteiger partial charge in [-0.2, -0.15) is 0 Å². The molecule has 25 heavy (non-hydrogen) atoms. The van der Waals surface area contributed by atoms with Crippen LogP contribution in [0.5, 0.6) is 0 Å². The third-order valence-corrected chi connectivity index (χ3v) is 4.91. The molecule has 9 heteroatoms. The quantitative estimate of drug-likeness (QED) is 0.627. The standard InChI is InChI=1S/C16H22N4O3.2ClH/c1-12(13-10-17-11-13)16(21)19-7-5-18(6-8-19)14-3-2-4-15(9-14)20(22)23;;/h2-4,9,12-13,17H,5-8,10-11H2,1H3;2*1H. The lowest BCUT2D eigenvalue weighted by Crippen LogP contribution is -2.54. The SMILES string of the molecule is CC(C(=O)N1CCN(c2cccc([N+](=O)[O-])c2)CC1)C1CNC1.Cl.Cl. The minimum atomic E-state index is -0.377. The number of non-ortho nitro benzene ring substituents is 1. The van der Waals surface area contributed by atoms with Gasteiger partial charge in [-0.05, 0) is 25.1 Å². The molecule has 2 aliphatic rings. The van der Waals surface area contributed by atoms with Gasteiger partial charge in [0, 0.05) is 49.9 Å². The first-order valence-electron chi connectivity index (χ1n) is 8.05. The highest BCUT2D eigenvalue weighted by molar-refractivity contribution is 5.85. The summed E-state index contributed by atoms with van der Waals surface area (Å²) in [6.45, 7) is 6.64. The lowest BCUT2D eigenvalue weighted by molar-refractivity contribution is -0.384. The van der Waals surface area contributed by atoms with E-state index in [1.54, 1.807) is 12.1 Å². The van der Waals surface area contributed by atoms with Crippen LogP contribution in [0.4, 0.5) is 11.4 Å². The van der Waals surface area contributed by atoms with Crippen LogP contribution in [0.15, 0.2) is 24.3 Å². The first-order chi connectivity index (χ1) is 11.1. The van der Waals surface area contributed by atoms with Crippen molar-refractivity contribution in [2.75, 3.05) is 44.2 Å². The summed E-state index contributed by atoms with van der Waals surface area (Å²) in [6.07, 6.45) is 0. The number of benzene rings is 1. The third kappa shape index (κ3) is 4.74. The number of rotatable bonds is 4. The molecule has 1 atom stereocenters. The van der Waals surface area contributed by atoms with Crippen LogP contribution in [0, 0.1) is 22.0 Å². The molecule has 2 aliphatic heterocycles. The highest BCUT2D eigenvalue weighted by Gasteiger charge is 2.32. The van der Waals surface area contributed by atoms with Gasteiger partial charge in [-0.15, -0.1) is 24.8 Å². The van der Waals surface area contributed by atoms with Crippen molar-refractivity contribution in [3.8, 4) is 0 Å². The van der Waals surface area contributed by atoms with Gasteiger partial charge in [0.25, 0.3) is 5.69 Å². The number of nitrogens with zero attached hydrogens (tertiary/aromatic N) is 3. The molecule has 2 saturated heterocycles. The Morgan fingerprint density at radius 1 is 1.24 bits per heavy atom. The number of nitro groups is 1. The summed E-state index contributed by atoms with van der Waals surface area (Å²) in [5, 5.41) is 14.1. The van der Waals surface area contributed by atoms with Crippen molar-refractivity contribution in [3.05, 3.63) is 34.4 Å². The lowest BCUT2D eigenvalue weighted by Gasteiger charge is -2.39. The largest absolute Gasteiger partial charge is 0.368 e. The maximum Gasteiger partial charge on any atom is 0.271 e. The van der Waals surface area contributed by atoms with Gasteiger partial charge in [-0.25, -0.2) is 0 Å². The average molecular weight is 391 g/mol. The van der Waals surface area contributed by atoms with Crippen molar-refractivity contribution in [1.29, 1.82) is 0 Å². The minimum Gasteiger partial charge on any atom is -0.368 e. The predicted octanol–water partition coefficient (Wildman–Crippen LogP) is 1.94. The first-order valence-corrected chi connectivity index (χ1v) is 8.05. The van der Waals surface area contributed by atoms with Gasteiger partial charge in [-0.1, -0.05) is 13.0 Å². The Bertz CT molecular complexity index is 605. The molecule has 2 heterocycles. The summed E-state index contributed by atoms with van der Waals surface area (Å²) < 4.78 is 0. The number of anilines is 1. The van der Waals surface area contributed by atoms with Crippen molar-refractivity contribution < 1.29 is 9.72 Å². The van der Waals surface area contributed by atoms with E-state index in [4.69, 9.17) is 0 Å². The number of hydrogen-bond donors (Lipinski definition) is 1. The number of amides is 1. The van der Waals surface area contributed by atoms with Crippen molar-refractivity contribution in [1.82, 2.24) is 10.2 Å². The van der Waals surface area contributed by atoms with Gasteiger partial charge in [0.2, 0.25) is 5.91 Å². The zero-order valence-corrected chi connectivity index (χ0v) is 15.7. The van der Waals surface area contributed by atoms with Gasteiger partial charge in [-0.3, -0.25) is 14.9 Å². The van der Waals surface area contributed by atoms with E-state index in [2.05, 4.69) is 10.2 Å². The third-order valence-electron chi connectivity index (χ3n) is 4.91. The van der Waals surface area contributed by atoms with Gasteiger partial charge in [0.15, 0.2) is 0 Å². The van der Waals surface area contributed by atoms with E-state index in [0.29, 0.717) is 32.1 Å². The van der Waals surface area contributed by atoms with Crippen LogP contribution in [0.25, 0.3) is 0 Å². The molecule has 0 aromatic heterocycles. The van der Waals surface area contributed by atoms with E-state index in [-0.39, 0.29) is 47.2 Å². The van der Waals surface area contributed by atoms with Crippen LogP contribution >= 0.6 is 24.8 Å². The molecule has 1 aromatic rings. The Hall–Kier alpha value is -1.57. The van der Waals surface area contributed by atoms with Crippen LogP contribution in [0.3, 0.4) is 0 Å². The molecule has 0 spiro atoms. The second-order valence-corrected chi connectivity index (χ2v) is 6.30. The molecule has 1 unspecified atom stereocenters. The Morgan fingerprint density at radius 2 is 1.88 bits per heavy atom. The van der Waals surface area contributed by atoms with Crippen LogP contribution in [0.1, 0.15) is 6.92 Å². The highest BCUT2D eigenvalue weighted by atomic mass is 35.5. The molecule has 1 N–H and O–H groups in total. The number of carbonyl (C=O) groups is 1. The molecule has 1 amide bonds. The fourth-order valence-electron chi connectivity index (χ4n) is 3.14. The van der Waals surface area contributed by atoms with E-state index < -0.39 is 0 Å². The number of halogens is 2. The summed E-state index contributed by atoms with van der Waals surface area (Å²) in [4.78, 5) is 27.0. The highest BCUT2D eigenvalue weighted by Crippen LogP contribution is 2.24. The second kappa shape index (κ2) is 9.22. The van der Waals surface area contributed by atoms with Crippen molar-refractivity contribution in [2.24, 2.45) is 11.8 Å². The molecule has 0 radical (unpaired) electrons. The van der Waals surface area contributed by atoms with Crippen LogP contribution in [0.2, 0.25) is 0 Å². The number of carbonyl (C=O) groups excluding carboxylic acids is 1. The molecule has 140 valence electrons. The molecule has 0 bridgehead atoms. The number of piperazine rings is 1. The zero-order chi connectivity index (χ0) is 16.4. The Morgan fingerprint density at radius 3 is 2.40 bits per heavy atom. The first kappa shape index (κ1) is 21.5. The molecule has 7 nitrogen and oxygen atoms in total. The predicted molar refractivity (Wildman–Crippen MR) is 102 cm³/mol. The van der Waals surface area contributed by atoms with Gasteiger partial charge >= 0.3 is 0 Å². The van der Waals surface area contributed by atoms with E-state index in [9.17, 15) is 14.9 Å². The fraction of sp³-hybridized carbons (Fsp3) is 0.562. The van der Waals surface area contributed by atoms with Crippen LogP contribution < -0.4 is 10.2 Å². The minimum absolute atomic E-state index is 0. The van der Waals surface area contributed by atoms with E-state index >= 15 is 0 Å². The topological polar surface area (TPSA) is 78.7 Å². The smallest absolute Gasteiger partial charge is 0.271 e. The normalized spacial score (nSPS) is 18.4. The summed E-state index contributed by atoms with van der Waals surface area (Å²) in [6, 6.07) is 6.68. The maximum absolute atomic E-state index is 12.5. The van der Waals surface area contributed by atoms with E-state index in [1.165, 1.54) is 6.07 Å². The van der Waals surface area contributed by atoms with Gasteiger partial charge in [0.05, 0.1) is 4.92 Å². The molecule has 3 rings (SSSR count). The van der Waals surface area contributed by atoms with Crippen LogP contribution in [-0.2, 0) is 4.79 Å². The van der Waals surface area contributed by atoms with E-state index in [0.717, 1.165) is 18.8 Å². The van der Waals surface area contributed by atoms with Gasteiger partial charge in [0.1, 0.15) is 0 Å². The van der Waals surface area contributed by atoms with Crippen molar-refractivity contribution in [2.45, 2.75) is 6.92 Å². The molecule has 0 aliphatic carbocycles. The van der Waals surface area contributed by atoms with E-state index in [1.807, 2.05) is 17.9 Å². The summed E-state index contributed by atoms with van der Waals surface area (Å²) in [7, 11) is 0. The molecular weight excluding hydrogens is 367 g/mol. The Labute approximate surface area is 159 Å². The Balaban J connectivity index is 0.00000156. The molecule has 2 fully saturated rings. The van der Waals surface area contributed by atoms with Gasteiger partial charge < -0.3 is 15.1 Å². The fourth-order valence-corrected chi connectivity index (χ4v) is 3.14. The zero-order valence-electron chi connectivity index (χ0n) is 14.1. The number of nitrogens with one attached hydrogen (secondary N) is 1. The molecular formula is C16H24Cl2N4O3. The molecule has 1 aromatic carbocycles. The monoisotopic (exact) mass is 390 g/mol. The lowest BCUT2D eigenvalue weighted by atomic mass is 9.88. The Kier molecular flexibility index (Phi) is 7.92. The molecule has 0 saturated carbocycles. The summed E-state index contributed by atoms with van der Waals surface area (Å²) in [5.41, 5.74) is 0.953. The van der Waals surface area contributed by atoms with Crippen LogP contribution in [-0.4, -0.2) is 55.0 Å². The number of nitro benzene ring substituents is 1. The maximum atomic E-state index is 12.5.